The van der Waals surface area contributed by atoms with E-state index in [4.69, 9.17) is 4.42 Å². The van der Waals surface area contributed by atoms with Crippen LogP contribution in [0.2, 0.25) is 0 Å². The van der Waals surface area contributed by atoms with Crippen molar-refractivity contribution in [2.45, 2.75) is 51.1 Å². The monoisotopic (exact) mass is 439 g/mol. The van der Waals surface area contributed by atoms with Gasteiger partial charge in [0.1, 0.15) is 11.3 Å². The quantitative estimate of drug-likeness (QED) is 0.771. The minimum Gasteiger partial charge on any atom is -0.427 e. The molecule has 0 aromatic carbocycles. The topological polar surface area (TPSA) is 75.4 Å². The van der Waals surface area contributed by atoms with E-state index in [0.717, 1.165) is 44.5 Å². The van der Waals surface area contributed by atoms with E-state index in [0.29, 0.717) is 17.9 Å². The molecule has 4 rings (SSSR count). The van der Waals surface area contributed by atoms with E-state index in [1.165, 1.54) is 0 Å². The Hall–Kier alpha value is -1.89. The molecule has 1 saturated carbocycles. The lowest BCUT2D eigenvalue weighted by atomic mass is 9.95. The summed E-state index contributed by atoms with van der Waals surface area (Å²) < 4.78 is 5.59. The zero-order valence-corrected chi connectivity index (χ0v) is 18.1. The van der Waals surface area contributed by atoms with Gasteiger partial charge in [-0.3, -0.25) is 9.78 Å². The summed E-state index contributed by atoms with van der Waals surface area (Å²) in [5.41, 5.74) is 1.16. The molecule has 1 unspecified atom stereocenters. The van der Waals surface area contributed by atoms with Crippen LogP contribution < -0.4 is 10.9 Å². The molecule has 8 heteroatoms. The lowest BCUT2D eigenvalue weighted by Crippen LogP contribution is -2.36. The number of nitrogens with one attached hydrogen (secondary N) is 1. The van der Waals surface area contributed by atoms with Crippen molar-refractivity contribution in [3.63, 3.8) is 0 Å². The second-order valence-electron chi connectivity index (χ2n) is 7.52. The van der Waals surface area contributed by atoms with Crippen molar-refractivity contribution in [1.29, 1.82) is 0 Å². The van der Waals surface area contributed by atoms with E-state index in [1.807, 2.05) is 31.2 Å². The van der Waals surface area contributed by atoms with E-state index in [9.17, 15) is 9.59 Å². The number of aryl methyl sites for hydroxylation is 1. The molecule has 2 aliphatic rings. The molecule has 0 bridgehead atoms. The van der Waals surface area contributed by atoms with Crippen LogP contribution in [-0.4, -0.2) is 34.9 Å². The van der Waals surface area contributed by atoms with Crippen molar-refractivity contribution < 1.29 is 9.21 Å². The number of rotatable bonds is 5. The van der Waals surface area contributed by atoms with Crippen LogP contribution in [0, 0.1) is 6.92 Å². The highest BCUT2D eigenvalue weighted by atomic mass is 35.5. The Morgan fingerprint density at radius 1 is 1.28 bits per heavy atom. The van der Waals surface area contributed by atoms with E-state index >= 15 is 0 Å². The zero-order valence-electron chi connectivity index (χ0n) is 16.4. The lowest BCUT2D eigenvalue weighted by Gasteiger charge is -2.24. The van der Waals surface area contributed by atoms with Crippen LogP contribution in [0.3, 0.4) is 0 Å². The molecule has 3 heterocycles. The summed E-state index contributed by atoms with van der Waals surface area (Å²) in [5.74, 6) is 0.633. The molecule has 1 aliphatic heterocycles. The highest BCUT2D eigenvalue weighted by Crippen LogP contribution is 2.30. The third-order valence-corrected chi connectivity index (χ3v) is 5.39. The summed E-state index contributed by atoms with van der Waals surface area (Å²) in [4.78, 5) is 32.0. The van der Waals surface area contributed by atoms with Crippen molar-refractivity contribution in [2.24, 2.45) is 0 Å². The number of aromatic nitrogens is 1. The summed E-state index contributed by atoms with van der Waals surface area (Å²) in [7, 11) is 0. The van der Waals surface area contributed by atoms with Gasteiger partial charge in [0.15, 0.2) is 0 Å². The average Bonchev–Trinajstić information content (AvgIpc) is 3.52. The maximum absolute atomic E-state index is 13.2. The smallest absolute Gasteiger partial charge is 0.349 e. The van der Waals surface area contributed by atoms with Gasteiger partial charge in [0, 0.05) is 24.7 Å². The first-order chi connectivity index (χ1) is 13.1. The Morgan fingerprint density at radius 3 is 2.66 bits per heavy atom. The number of amides is 1. The predicted octanol–water partition coefficient (Wildman–Crippen LogP) is 3.46. The molecule has 2 aromatic rings. The van der Waals surface area contributed by atoms with E-state index in [2.05, 4.69) is 10.3 Å². The Kier molecular flexibility index (Phi) is 8.25. The molecule has 0 radical (unpaired) electrons. The number of piperidine rings is 1. The maximum Gasteiger partial charge on any atom is 0.349 e. The number of carbonyl (C=O) groups is 1. The van der Waals surface area contributed by atoms with Crippen molar-refractivity contribution in [3.05, 3.63) is 63.5 Å². The average molecular weight is 440 g/mol. The van der Waals surface area contributed by atoms with Crippen LogP contribution in [0.4, 0.5) is 0 Å². The fourth-order valence-corrected chi connectivity index (χ4v) is 3.75. The molecule has 1 amide bonds. The van der Waals surface area contributed by atoms with Gasteiger partial charge in [-0.05, 0) is 62.9 Å². The number of carbonyl (C=O) groups excluding carboxylic acids is 1. The zero-order chi connectivity index (χ0) is 18.8. The molecular formula is C21H27Cl2N3O3. The van der Waals surface area contributed by atoms with Crippen LogP contribution >= 0.6 is 24.8 Å². The van der Waals surface area contributed by atoms with Gasteiger partial charge in [-0.25, -0.2) is 4.79 Å². The van der Waals surface area contributed by atoms with Gasteiger partial charge in [0.2, 0.25) is 0 Å². The Morgan fingerprint density at radius 2 is 2.07 bits per heavy atom. The van der Waals surface area contributed by atoms with Gasteiger partial charge in [-0.2, -0.15) is 0 Å². The number of hydrogen-bond acceptors (Lipinski definition) is 5. The van der Waals surface area contributed by atoms with E-state index < -0.39 is 5.63 Å². The van der Waals surface area contributed by atoms with Crippen LogP contribution in [0.1, 0.15) is 59.0 Å². The molecule has 1 aliphatic carbocycles. The normalized spacial score (nSPS) is 18.3. The molecule has 0 spiro atoms. The summed E-state index contributed by atoms with van der Waals surface area (Å²) in [5, 5.41) is 3.33. The molecule has 1 saturated heterocycles. The summed E-state index contributed by atoms with van der Waals surface area (Å²) >= 11 is 0. The van der Waals surface area contributed by atoms with Crippen LogP contribution in [0.15, 0.2) is 39.7 Å². The van der Waals surface area contributed by atoms with Crippen LogP contribution in [-0.2, 0) is 6.54 Å². The summed E-state index contributed by atoms with van der Waals surface area (Å²) in [6, 6.07) is 7.71. The first-order valence-electron chi connectivity index (χ1n) is 9.69. The van der Waals surface area contributed by atoms with Crippen LogP contribution in [0.5, 0.6) is 0 Å². The van der Waals surface area contributed by atoms with Crippen molar-refractivity contribution in [2.75, 3.05) is 13.1 Å². The number of pyridine rings is 1. The number of nitrogens with zero attached hydrogens (tertiary/aromatic N) is 2. The molecule has 2 aromatic heterocycles. The second kappa shape index (κ2) is 10.2. The van der Waals surface area contributed by atoms with Crippen LogP contribution in [0.25, 0.3) is 0 Å². The summed E-state index contributed by atoms with van der Waals surface area (Å²) in [6.45, 7) is 4.05. The minimum absolute atomic E-state index is 0. The molecule has 6 nitrogen and oxygen atoms in total. The van der Waals surface area contributed by atoms with Gasteiger partial charge in [0.25, 0.3) is 5.91 Å². The van der Waals surface area contributed by atoms with E-state index in [-0.39, 0.29) is 48.2 Å². The number of halogens is 2. The highest BCUT2D eigenvalue weighted by Gasteiger charge is 2.35. The Balaban J connectivity index is 0.00000150. The third-order valence-electron chi connectivity index (χ3n) is 5.39. The first kappa shape index (κ1) is 23.4. The second-order valence-corrected chi connectivity index (χ2v) is 7.52. The summed E-state index contributed by atoms with van der Waals surface area (Å²) in [6.07, 6.45) is 5.71. The lowest BCUT2D eigenvalue weighted by molar-refractivity contribution is 0.0721. The predicted molar refractivity (Wildman–Crippen MR) is 116 cm³/mol. The van der Waals surface area contributed by atoms with Crippen molar-refractivity contribution in [3.8, 4) is 0 Å². The standard InChI is InChI=1S/C21H25N3O3.2ClH/c1-14-11-18(15-5-4-9-22-12-15)27-21(26)19(14)20(25)24(17-7-8-17)13-16-6-2-3-10-23-16;;/h2-3,6,10-11,15,17,22H,4-5,7-9,12-13H2,1H3;2*1H. The molecular weight excluding hydrogens is 413 g/mol. The fraction of sp³-hybridized carbons (Fsp3) is 0.476. The number of hydrogen-bond donors (Lipinski definition) is 1. The highest BCUT2D eigenvalue weighted by molar-refractivity contribution is 5.95. The van der Waals surface area contributed by atoms with Crippen molar-refractivity contribution in [1.82, 2.24) is 15.2 Å². The van der Waals surface area contributed by atoms with Crippen molar-refractivity contribution >= 4 is 30.7 Å². The van der Waals surface area contributed by atoms with Gasteiger partial charge in [-0.1, -0.05) is 6.07 Å². The molecule has 158 valence electrons. The van der Waals surface area contributed by atoms with Gasteiger partial charge < -0.3 is 14.6 Å². The van der Waals surface area contributed by atoms with Gasteiger partial charge >= 0.3 is 5.63 Å². The molecule has 2 fully saturated rings. The minimum atomic E-state index is -0.521. The molecule has 29 heavy (non-hydrogen) atoms. The molecule has 1 N–H and O–H groups in total. The Labute approximate surface area is 182 Å². The Bertz CT molecular complexity index is 878. The maximum atomic E-state index is 13.2. The van der Waals surface area contributed by atoms with Gasteiger partial charge in [0.05, 0.1) is 12.2 Å². The van der Waals surface area contributed by atoms with Gasteiger partial charge in [-0.15, -0.1) is 24.8 Å². The first-order valence-corrected chi connectivity index (χ1v) is 9.69. The third kappa shape index (κ3) is 5.38. The fourth-order valence-electron chi connectivity index (χ4n) is 3.75. The molecule has 1 atom stereocenters. The van der Waals surface area contributed by atoms with E-state index in [1.54, 1.807) is 11.1 Å². The SMILES string of the molecule is Cc1cc(C2CCCNC2)oc(=O)c1C(=O)N(Cc1ccccn1)C1CC1.Cl.Cl. The largest absolute Gasteiger partial charge is 0.427 e.